The predicted octanol–water partition coefficient (Wildman–Crippen LogP) is 5.09. The maximum absolute atomic E-state index is 5.54. The maximum atomic E-state index is 5.54. The van der Waals surface area contributed by atoms with Crippen LogP contribution in [0.15, 0.2) is 67.3 Å². The highest BCUT2D eigenvalue weighted by Crippen LogP contribution is 2.20. The average Bonchev–Trinajstić information content (AvgIpc) is 2.52. The Morgan fingerprint density at radius 1 is 0.950 bits per heavy atom. The molecule has 0 aromatic heterocycles. The van der Waals surface area contributed by atoms with Crippen LogP contribution in [0.2, 0.25) is 0 Å². The molecular weight excluding hydrogens is 244 g/mol. The van der Waals surface area contributed by atoms with E-state index >= 15 is 0 Å². The van der Waals surface area contributed by atoms with Gasteiger partial charge in [0, 0.05) is 0 Å². The first kappa shape index (κ1) is 14.3. The molecule has 1 nitrogen and oxygen atoms in total. The van der Waals surface area contributed by atoms with Crippen molar-refractivity contribution in [3.8, 4) is 11.1 Å². The van der Waals surface area contributed by atoms with E-state index in [4.69, 9.17) is 4.74 Å². The van der Waals surface area contributed by atoms with Crippen LogP contribution >= 0.6 is 0 Å². The van der Waals surface area contributed by atoms with Gasteiger partial charge in [-0.3, -0.25) is 0 Å². The summed E-state index contributed by atoms with van der Waals surface area (Å²) in [6.07, 6.45) is 5.86. The third kappa shape index (κ3) is 3.94. The van der Waals surface area contributed by atoms with Crippen molar-refractivity contribution in [3.63, 3.8) is 0 Å². The van der Waals surface area contributed by atoms with E-state index in [0.717, 1.165) is 5.56 Å². The van der Waals surface area contributed by atoms with Crippen molar-refractivity contribution >= 4 is 6.08 Å². The van der Waals surface area contributed by atoms with Crippen molar-refractivity contribution in [1.29, 1.82) is 0 Å². The summed E-state index contributed by atoms with van der Waals surface area (Å²) in [4.78, 5) is 0. The first-order valence-corrected chi connectivity index (χ1v) is 6.84. The smallest absolute Gasteiger partial charge is 0.0721 e. The topological polar surface area (TPSA) is 9.23 Å². The van der Waals surface area contributed by atoms with E-state index in [1.54, 1.807) is 0 Å². The lowest BCUT2D eigenvalue weighted by molar-refractivity contribution is 0.148. The third-order valence-electron chi connectivity index (χ3n) is 3.15. The molecule has 0 atom stereocenters. The molecule has 0 N–H and O–H groups in total. The van der Waals surface area contributed by atoms with Crippen LogP contribution in [0.4, 0.5) is 0 Å². The Morgan fingerprint density at radius 3 is 2.10 bits per heavy atom. The molecule has 102 valence electrons. The quantitative estimate of drug-likeness (QED) is 0.521. The molecule has 2 aromatic rings. The number of hydrogen-bond donors (Lipinski definition) is 0. The summed E-state index contributed by atoms with van der Waals surface area (Å²) in [5, 5.41) is 0. The molecule has 0 aliphatic heterocycles. The van der Waals surface area contributed by atoms with Gasteiger partial charge in [-0.25, -0.2) is 0 Å². The van der Waals surface area contributed by atoms with E-state index < -0.39 is 0 Å². The van der Waals surface area contributed by atoms with Gasteiger partial charge in [0.15, 0.2) is 0 Å². The van der Waals surface area contributed by atoms with E-state index in [0.29, 0.717) is 13.2 Å². The van der Waals surface area contributed by atoms with Crippen molar-refractivity contribution in [3.05, 3.63) is 78.4 Å². The summed E-state index contributed by atoms with van der Waals surface area (Å²) in [6.45, 7) is 7.08. The highest BCUT2D eigenvalue weighted by atomic mass is 16.5. The molecule has 0 spiro atoms. The summed E-state index contributed by atoms with van der Waals surface area (Å²) >= 11 is 0. The zero-order valence-electron chi connectivity index (χ0n) is 11.9. The van der Waals surface area contributed by atoms with Crippen LogP contribution in [-0.2, 0) is 11.3 Å². The van der Waals surface area contributed by atoms with E-state index in [9.17, 15) is 0 Å². The lowest BCUT2D eigenvalue weighted by Gasteiger charge is -2.05. The molecule has 0 saturated carbocycles. The monoisotopic (exact) mass is 264 g/mol. The minimum absolute atomic E-state index is 0.653. The van der Waals surface area contributed by atoms with Crippen LogP contribution < -0.4 is 0 Å². The van der Waals surface area contributed by atoms with E-state index in [2.05, 4.69) is 55.1 Å². The molecular formula is C19H20O. The molecule has 20 heavy (non-hydrogen) atoms. The lowest BCUT2D eigenvalue weighted by atomic mass is 10.0. The van der Waals surface area contributed by atoms with Gasteiger partial charge >= 0.3 is 0 Å². The molecule has 0 aliphatic rings. The summed E-state index contributed by atoms with van der Waals surface area (Å²) in [5.41, 5.74) is 4.78. The van der Waals surface area contributed by atoms with Gasteiger partial charge in [-0.05, 0) is 29.2 Å². The molecule has 1 heteroatoms. The van der Waals surface area contributed by atoms with Crippen molar-refractivity contribution in [2.24, 2.45) is 0 Å². The zero-order chi connectivity index (χ0) is 14.2. The van der Waals surface area contributed by atoms with E-state index in [1.165, 1.54) is 16.7 Å². The Hall–Kier alpha value is -2.12. The van der Waals surface area contributed by atoms with Crippen molar-refractivity contribution in [1.82, 2.24) is 0 Å². The highest BCUT2D eigenvalue weighted by Gasteiger charge is 1.98. The van der Waals surface area contributed by atoms with Gasteiger partial charge in [-0.1, -0.05) is 73.3 Å². The Balaban J connectivity index is 2.01. The van der Waals surface area contributed by atoms with Gasteiger partial charge in [0.1, 0.15) is 0 Å². The number of rotatable bonds is 6. The molecule has 2 aromatic carbocycles. The Labute approximate surface area is 121 Å². The largest absolute Gasteiger partial charge is 0.373 e. The number of hydrogen-bond acceptors (Lipinski definition) is 1. The van der Waals surface area contributed by atoms with Crippen LogP contribution in [0.25, 0.3) is 17.2 Å². The van der Waals surface area contributed by atoms with Crippen LogP contribution in [-0.4, -0.2) is 6.61 Å². The van der Waals surface area contributed by atoms with Crippen molar-refractivity contribution in [2.45, 2.75) is 13.5 Å². The molecule has 0 amide bonds. The fraction of sp³-hybridized carbons (Fsp3) is 0.158. The summed E-state index contributed by atoms with van der Waals surface area (Å²) in [5.74, 6) is 0. The van der Waals surface area contributed by atoms with Crippen molar-refractivity contribution < 1.29 is 4.74 Å². The second-order valence-corrected chi connectivity index (χ2v) is 4.61. The fourth-order valence-corrected chi connectivity index (χ4v) is 1.95. The van der Waals surface area contributed by atoms with Crippen molar-refractivity contribution in [2.75, 3.05) is 6.61 Å². The van der Waals surface area contributed by atoms with E-state index in [-0.39, 0.29) is 0 Å². The molecule has 0 bridgehead atoms. The summed E-state index contributed by atoms with van der Waals surface area (Å²) in [7, 11) is 0. The molecule has 2 rings (SSSR count). The molecule has 0 unspecified atom stereocenters. The average molecular weight is 264 g/mol. The Kier molecular flexibility index (Phi) is 5.33. The standard InChI is InChI=1S/C19H20O/c1-3-5-14-20-15-17-8-12-19(13-9-17)18-10-6-16(4-2)7-11-18/h3-13H,2,14-15H2,1H3. The first-order valence-electron chi connectivity index (χ1n) is 6.84. The fourth-order valence-electron chi connectivity index (χ4n) is 1.95. The maximum Gasteiger partial charge on any atom is 0.0721 e. The van der Waals surface area contributed by atoms with Crippen LogP contribution in [0.5, 0.6) is 0 Å². The molecule has 0 heterocycles. The SMILES string of the molecule is C=Cc1ccc(-c2ccc(COCC=CC)cc2)cc1. The van der Waals surface area contributed by atoms with Gasteiger partial charge < -0.3 is 4.74 Å². The minimum Gasteiger partial charge on any atom is -0.373 e. The van der Waals surface area contributed by atoms with Crippen LogP contribution in [0.1, 0.15) is 18.1 Å². The second-order valence-electron chi connectivity index (χ2n) is 4.61. The Bertz CT molecular complexity index is 562. The molecule has 0 aliphatic carbocycles. The number of allylic oxidation sites excluding steroid dienone is 1. The van der Waals surface area contributed by atoms with E-state index in [1.807, 2.05) is 25.2 Å². The van der Waals surface area contributed by atoms with Gasteiger partial charge in [-0.2, -0.15) is 0 Å². The van der Waals surface area contributed by atoms with Gasteiger partial charge in [0.25, 0.3) is 0 Å². The highest BCUT2D eigenvalue weighted by molar-refractivity contribution is 5.65. The Morgan fingerprint density at radius 2 is 1.55 bits per heavy atom. The molecule has 0 fully saturated rings. The third-order valence-corrected chi connectivity index (χ3v) is 3.15. The number of ether oxygens (including phenoxy) is 1. The zero-order valence-corrected chi connectivity index (χ0v) is 11.9. The van der Waals surface area contributed by atoms with Gasteiger partial charge in [0.05, 0.1) is 13.2 Å². The van der Waals surface area contributed by atoms with Crippen LogP contribution in [0, 0.1) is 0 Å². The summed E-state index contributed by atoms with van der Waals surface area (Å²) in [6, 6.07) is 16.9. The van der Waals surface area contributed by atoms with Gasteiger partial charge in [0.2, 0.25) is 0 Å². The van der Waals surface area contributed by atoms with Gasteiger partial charge in [-0.15, -0.1) is 0 Å². The minimum atomic E-state index is 0.653. The number of benzene rings is 2. The first-order chi connectivity index (χ1) is 9.83. The second kappa shape index (κ2) is 7.46. The predicted molar refractivity (Wildman–Crippen MR) is 86.4 cm³/mol. The lowest BCUT2D eigenvalue weighted by Crippen LogP contribution is -1.92. The van der Waals surface area contributed by atoms with Crippen LogP contribution in [0.3, 0.4) is 0 Å². The molecule has 0 saturated heterocycles. The molecule has 0 radical (unpaired) electrons. The summed E-state index contributed by atoms with van der Waals surface area (Å²) < 4.78 is 5.54. The normalized spacial score (nSPS) is 10.8.